The number of amides is 1. The van der Waals surface area contributed by atoms with E-state index in [2.05, 4.69) is 5.32 Å². The number of nitrogens with zero attached hydrogens (tertiary/aromatic N) is 1. The summed E-state index contributed by atoms with van der Waals surface area (Å²) in [5, 5.41) is 3.30. The van der Waals surface area contributed by atoms with E-state index in [1.807, 2.05) is 6.92 Å². The van der Waals surface area contributed by atoms with Crippen LogP contribution >= 0.6 is 0 Å². The van der Waals surface area contributed by atoms with Crippen molar-refractivity contribution in [2.45, 2.75) is 30.7 Å². The molecule has 0 radical (unpaired) electrons. The Kier molecular flexibility index (Phi) is 4.97. The Morgan fingerprint density at radius 2 is 2.05 bits per heavy atom. The zero-order valence-electron chi connectivity index (χ0n) is 12.1. The standard InChI is InChI=1S/C14H21N3O3S/c1-2-17(10-12-4-3-9-16-12)21(19,20)13-7-5-11(6-8-13)14(15)18/h5-8,12,16H,2-4,9-10H2,1H3,(H2,15,18). The molecule has 1 aromatic carbocycles. The molecule has 1 aromatic rings. The van der Waals surface area contributed by atoms with Gasteiger partial charge in [-0.2, -0.15) is 4.31 Å². The Morgan fingerprint density at radius 3 is 2.52 bits per heavy atom. The fraction of sp³-hybridized carbons (Fsp3) is 0.500. The van der Waals surface area contributed by atoms with Crippen LogP contribution in [-0.2, 0) is 10.0 Å². The van der Waals surface area contributed by atoms with E-state index >= 15 is 0 Å². The molecule has 0 aromatic heterocycles. The molecule has 0 bridgehead atoms. The second-order valence-corrected chi connectivity index (χ2v) is 7.08. The van der Waals surface area contributed by atoms with Crippen molar-refractivity contribution >= 4 is 15.9 Å². The van der Waals surface area contributed by atoms with E-state index in [-0.39, 0.29) is 10.9 Å². The zero-order chi connectivity index (χ0) is 15.5. The first-order valence-corrected chi connectivity index (χ1v) is 8.52. The second-order valence-electron chi connectivity index (χ2n) is 5.14. The molecular weight excluding hydrogens is 290 g/mol. The lowest BCUT2D eigenvalue weighted by Crippen LogP contribution is -2.40. The van der Waals surface area contributed by atoms with Gasteiger partial charge >= 0.3 is 0 Å². The van der Waals surface area contributed by atoms with Crippen LogP contribution in [-0.4, -0.2) is 44.3 Å². The number of primary amides is 1. The van der Waals surface area contributed by atoms with E-state index in [9.17, 15) is 13.2 Å². The number of nitrogens with one attached hydrogen (secondary N) is 1. The van der Waals surface area contributed by atoms with Crippen LogP contribution < -0.4 is 11.1 Å². The Bertz CT molecular complexity index is 592. The Balaban J connectivity index is 2.19. The Morgan fingerprint density at radius 1 is 1.38 bits per heavy atom. The topological polar surface area (TPSA) is 92.5 Å². The number of nitrogens with two attached hydrogens (primary N) is 1. The molecule has 7 heteroatoms. The van der Waals surface area contributed by atoms with Crippen molar-refractivity contribution in [3.05, 3.63) is 29.8 Å². The van der Waals surface area contributed by atoms with Gasteiger partial charge in [-0.05, 0) is 43.7 Å². The molecular formula is C14H21N3O3S. The molecule has 1 saturated heterocycles. The summed E-state index contributed by atoms with van der Waals surface area (Å²) in [6.45, 7) is 3.65. The van der Waals surface area contributed by atoms with Crippen LogP contribution in [0.1, 0.15) is 30.1 Å². The molecule has 1 fully saturated rings. The molecule has 1 heterocycles. The van der Waals surface area contributed by atoms with E-state index in [0.717, 1.165) is 19.4 Å². The Labute approximate surface area is 125 Å². The van der Waals surface area contributed by atoms with Gasteiger partial charge in [0.1, 0.15) is 0 Å². The van der Waals surface area contributed by atoms with Crippen LogP contribution in [0.4, 0.5) is 0 Å². The maximum atomic E-state index is 12.6. The molecule has 0 spiro atoms. The highest BCUT2D eigenvalue weighted by Gasteiger charge is 2.27. The van der Waals surface area contributed by atoms with E-state index < -0.39 is 15.9 Å². The minimum atomic E-state index is -3.54. The predicted molar refractivity (Wildman–Crippen MR) is 80.4 cm³/mol. The van der Waals surface area contributed by atoms with Gasteiger partial charge < -0.3 is 11.1 Å². The molecule has 1 aliphatic heterocycles. The average Bonchev–Trinajstić information content (AvgIpc) is 2.97. The minimum absolute atomic E-state index is 0.187. The third-order valence-corrected chi connectivity index (χ3v) is 5.67. The lowest BCUT2D eigenvalue weighted by atomic mass is 10.2. The molecule has 1 amide bonds. The maximum absolute atomic E-state index is 12.6. The summed E-state index contributed by atoms with van der Waals surface area (Å²) in [7, 11) is -3.54. The maximum Gasteiger partial charge on any atom is 0.248 e. The highest BCUT2D eigenvalue weighted by Crippen LogP contribution is 2.18. The summed E-state index contributed by atoms with van der Waals surface area (Å²) in [4.78, 5) is 11.2. The van der Waals surface area contributed by atoms with E-state index in [1.165, 1.54) is 28.6 Å². The smallest absolute Gasteiger partial charge is 0.248 e. The lowest BCUT2D eigenvalue weighted by Gasteiger charge is -2.24. The van der Waals surface area contributed by atoms with Crippen molar-refractivity contribution in [1.82, 2.24) is 9.62 Å². The number of likely N-dealkylation sites (N-methyl/N-ethyl adjacent to an activating group) is 1. The summed E-state index contributed by atoms with van der Waals surface area (Å²) in [6.07, 6.45) is 2.07. The van der Waals surface area contributed by atoms with Gasteiger partial charge in [0.25, 0.3) is 0 Å². The van der Waals surface area contributed by atoms with Crippen LogP contribution in [0.2, 0.25) is 0 Å². The lowest BCUT2D eigenvalue weighted by molar-refractivity contribution is 0.1000. The van der Waals surface area contributed by atoms with Gasteiger partial charge in [-0.1, -0.05) is 6.92 Å². The fourth-order valence-electron chi connectivity index (χ4n) is 2.50. The molecule has 3 N–H and O–H groups in total. The van der Waals surface area contributed by atoms with Gasteiger partial charge in [0.2, 0.25) is 15.9 Å². The van der Waals surface area contributed by atoms with Crippen LogP contribution in [0, 0.1) is 0 Å². The third-order valence-electron chi connectivity index (χ3n) is 3.72. The second kappa shape index (κ2) is 6.55. The van der Waals surface area contributed by atoms with Gasteiger partial charge in [0.05, 0.1) is 4.90 Å². The van der Waals surface area contributed by atoms with Crippen LogP contribution in [0.5, 0.6) is 0 Å². The average molecular weight is 311 g/mol. The largest absolute Gasteiger partial charge is 0.366 e. The van der Waals surface area contributed by atoms with Gasteiger partial charge in [-0.3, -0.25) is 4.79 Å². The van der Waals surface area contributed by atoms with Crippen molar-refractivity contribution in [3.8, 4) is 0 Å². The molecule has 6 nitrogen and oxygen atoms in total. The Hall–Kier alpha value is -1.44. The van der Waals surface area contributed by atoms with Gasteiger partial charge in [-0.15, -0.1) is 0 Å². The summed E-state index contributed by atoms with van der Waals surface area (Å²) >= 11 is 0. The van der Waals surface area contributed by atoms with E-state index in [1.54, 1.807) is 0 Å². The summed E-state index contributed by atoms with van der Waals surface area (Å²) in [5.41, 5.74) is 5.46. The molecule has 0 saturated carbocycles. The van der Waals surface area contributed by atoms with Crippen LogP contribution in [0.15, 0.2) is 29.2 Å². The van der Waals surface area contributed by atoms with E-state index in [0.29, 0.717) is 18.7 Å². The normalized spacial score (nSPS) is 19.0. The van der Waals surface area contributed by atoms with Crippen LogP contribution in [0.25, 0.3) is 0 Å². The number of sulfonamides is 1. The summed E-state index contributed by atoms with van der Waals surface area (Å²) < 4.78 is 26.7. The minimum Gasteiger partial charge on any atom is -0.366 e. The van der Waals surface area contributed by atoms with Crippen molar-refractivity contribution in [2.24, 2.45) is 5.73 Å². The first kappa shape index (κ1) is 15.9. The van der Waals surface area contributed by atoms with Crippen molar-refractivity contribution in [2.75, 3.05) is 19.6 Å². The fourth-order valence-corrected chi connectivity index (χ4v) is 3.99. The quantitative estimate of drug-likeness (QED) is 0.802. The number of carbonyl (C=O) groups excluding carboxylic acids is 1. The number of hydrogen-bond acceptors (Lipinski definition) is 4. The molecule has 2 rings (SSSR count). The van der Waals surface area contributed by atoms with Crippen LogP contribution in [0.3, 0.4) is 0 Å². The molecule has 116 valence electrons. The van der Waals surface area contributed by atoms with Gasteiger partial charge in [-0.25, -0.2) is 8.42 Å². The number of carbonyl (C=O) groups is 1. The molecule has 1 atom stereocenters. The number of hydrogen-bond donors (Lipinski definition) is 2. The third kappa shape index (κ3) is 3.61. The van der Waals surface area contributed by atoms with E-state index in [4.69, 9.17) is 5.73 Å². The molecule has 1 aliphatic rings. The zero-order valence-corrected chi connectivity index (χ0v) is 12.9. The van der Waals surface area contributed by atoms with Crippen molar-refractivity contribution in [1.29, 1.82) is 0 Å². The first-order chi connectivity index (χ1) is 9.95. The summed E-state index contributed by atoms with van der Waals surface area (Å²) in [6, 6.07) is 5.96. The van der Waals surface area contributed by atoms with Crippen molar-refractivity contribution < 1.29 is 13.2 Å². The monoisotopic (exact) mass is 311 g/mol. The van der Waals surface area contributed by atoms with Gasteiger partial charge in [0, 0.05) is 24.7 Å². The SMILES string of the molecule is CCN(CC1CCCN1)S(=O)(=O)c1ccc(C(N)=O)cc1. The molecule has 0 aliphatic carbocycles. The van der Waals surface area contributed by atoms with Crippen molar-refractivity contribution in [3.63, 3.8) is 0 Å². The number of rotatable bonds is 6. The highest BCUT2D eigenvalue weighted by molar-refractivity contribution is 7.89. The summed E-state index contributed by atoms with van der Waals surface area (Å²) in [5.74, 6) is -0.568. The highest BCUT2D eigenvalue weighted by atomic mass is 32.2. The predicted octanol–water partition coefficient (Wildman–Crippen LogP) is 0.548. The van der Waals surface area contributed by atoms with Gasteiger partial charge in [0.15, 0.2) is 0 Å². The number of benzene rings is 1. The molecule has 1 unspecified atom stereocenters. The molecule has 21 heavy (non-hydrogen) atoms. The first-order valence-electron chi connectivity index (χ1n) is 7.08.